The minimum Gasteiger partial charge on any atom is -0.353 e. The van der Waals surface area contributed by atoms with E-state index in [1.807, 2.05) is 24.4 Å². The first-order chi connectivity index (χ1) is 7.75. The molecule has 0 saturated carbocycles. The Labute approximate surface area is 95.7 Å². The highest BCUT2D eigenvalue weighted by atomic mass is 15.3. The van der Waals surface area contributed by atoms with Crippen LogP contribution in [0.4, 0.5) is 5.95 Å². The second-order valence-electron chi connectivity index (χ2n) is 4.40. The van der Waals surface area contributed by atoms with Gasteiger partial charge >= 0.3 is 0 Å². The largest absolute Gasteiger partial charge is 0.353 e. The zero-order valence-corrected chi connectivity index (χ0v) is 9.85. The molecular weight excluding hydrogens is 200 g/mol. The van der Waals surface area contributed by atoms with Crippen LogP contribution in [0.15, 0.2) is 24.4 Å². The predicted molar refractivity (Wildman–Crippen MR) is 65.5 cm³/mol. The van der Waals surface area contributed by atoms with Crippen molar-refractivity contribution < 1.29 is 0 Å². The number of rotatable bonds is 5. The Hall–Kier alpha value is -1.58. The van der Waals surface area contributed by atoms with Crippen molar-refractivity contribution in [1.29, 1.82) is 0 Å². The number of nitrogens with one attached hydrogen (secondary N) is 1. The first-order valence-corrected chi connectivity index (χ1v) is 5.81. The topological polar surface area (TPSA) is 42.2 Å². The lowest BCUT2D eigenvalue weighted by Gasteiger charge is -2.03. The minimum atomic E-state index is 0.718. The maximum atomic E-state index is 4.37. The first kappa shape index (κ1) is 10.9. The van der Waals surface area contributed by atoms with Gasteiger partial charge in [-0.05, 0) is 30.9 Å². The van der Waals surface area contributed by atoms with Crippen molar-refractivity contribution in [2.24, 2.45) is 5.92 Å². The van der Waals surface area contributed by atoms with Crippen LogP contribution < -0.4 is 5.32 Å². The number of hydrogen-bond acceptors (Lipinski definition) is 3. The van der Waals surface area contributed by atoms with E-state index in [-0.39, 0.29) is 0 Å². The van der Waals surface area contributed by atoms with Crippen LogP contribution in [-0.4, -0.2) is 21.1 Å². The summed E-state index contributed by atoms with van der Waals surface area (Å²) in [5.41, 5.74) is 0.883. The van der Waals surface area contributed by atoms with Crippen LogP contribution in [0.1, 0.15) is 26.7 Å². The monoisotopic (exact) mass is 218 g/mol. The molecule has 0 aliphatic carbocycles. The van der Waals surface area contributed by atoms with Gasteiger partial charge in [0.15, 0.2) is 5.65 Å². The summed E-state index contributed by atoms with van der Waals surface area (Å²) in [6.07, 6.45) is 4.30. The van der Waals surface area contributed by atoms with Crippen molar-refractivity contribution in [3.05, 3.63) is 24.4 Å². The van der Waals surface area contributed by atoms with Crippen molar-refractivity contribution in [3.63, 3.8) is 0 Å². The summed E-state index contributed by atoms with van der Waals surface area (Å²) >= 11 is 0. The third kappa shape index (κ3) is 2.72. The van der Waals surface area contributed by atoms with Gasteiger partial charge in [-0.15, -0.1) is 5.10 Å². The first-order valence-electron chi connectivity index (χ1n) is 5.81. The van der Waals surface area contributed by atoms with Crippen LogP contribution in [0.3, 0.4) is 0 Å². The van der Waals surface area contributed by atoms with E-state index in [2.05, 4.69) is 29.2 Å². The molecule has 4 heteroatoms. The van der Waals surface area contributed by atoms with Gasteiger partial charge in [-0.3, -0.25) is 0 Å². The van der Waals surface area contributed by atoms with Crippen molar-refractivity contribution in [3.8, 4) is 0 Å². The molecule has 2 rings (SSSR count). The van der Waals surface area contributed by atoms with Gasteiger partial charge < -0.3 is 5.32 Å². The molecule has 0 aliphatic heterocycles. The molecular formula is C12H18N4. The third-order valence-corrected chi connectivity index (χ3v) is 2.48. The number of aromatic nitrogens is 3. The Kier molecular flexibility index (Phi) is 3.39. The number of hydrogen-bond donors (Lipinski definition) is 1. The van der Waals surface area contributed by atoms with E-state index in [1.54, 1.807) is 4.52 Å². The molecule has 0 saturated heterocycles. The Morgan fingerprint density at radius 1 is 1.38 bits per heavy atom. The molecule has 0 bridgehead atoms. The minimum absolute atomic E-state index is 0.718. The molecule has 0 amide bonds. The van der Waals surface area contributed by atoms with E-state index in [0.29, 0.717) is 0 Å². The molecule has 16 heavy (non-hydrogen) atoms. The van der Waals surface area contributed by atoms with E-state index in [9.17, 15) is 0 Å². The standard InChI is InChI=1S/C12H18N4/c1-10(2)6-5-8-13-12-14-11-7-3-4-9-16(11)15-12/h3-4,7,9-10H,5-6,8H2,1-2H3,(H,13,15). The van der Waals surface area contributed by atoms with Crippen LogP contribution in [0.5, 0.6) is 0 Å². The Bertz CT molecular complexity index is 414. The summed E-state index contributed by atoms with van der Waals surface area (Å²) in [6, 6.07) is 5.86. The summed E-state index contributed by atoms with van der Waals surface area (Å²) in [5.74, 6) is 1.48. The number of fused-ring (bicyclic) bond motifs is 1. The molecule has 0 fully saturated rings. The van der Waals surface area contributed by atoms with Crippen molar-refractivity contribution >= 4 is 11.6 Å². The van der Waals surface area contributed by atoms with Gasteiger partial charge in [0.25, 0.3) is 0 Å². The SMILES string of the molecule is CC(C)CCCNc1nc2ccccn2n1. The lowest BCUT2D eigenvalue weighted by molar-refractivity contribution is 0.566. The number of anilines is 1. The van der Waals surface area contributed by atoms with Gasteiger partial charge in [-0.25, -0.2) is 4.52 Å². The summed E-state index contributed by atoms with van der Waals surface area (Å²) in [5, 5.41) is 7.57. The maximum Gasteiger partial charge on any atom is 0.243 e. The van der Waals surface area contributed by atoms with Gasteiger partial charge in [-0.2, -0.15) is 4.98 Å². The zero-order valence-electron chi connectivity index (χ0n) is 9.85. The second-order valence-corrected chi connectivity index (χ2v) is 4.40. The Morgan fingerprint density at radius 3 is 3.00 bits per heavy atom. The van der Waals surface area contributed by atoms with Gasteiger partial charge in [0.2, 0.25) is 5.95 Å². The fraction of sp³-hybridized carbons (Fsp3) is 0.500. The molecule has 2 aromatic rings. The van der Waals surface area contributed by atoms with Crippen molar-refractivity contribution in [2.45, 2.75) is 26.7 Å². The quantitative estimate of drug-likeness (QED) is 0.784. The average molecular weight is 218 g/mol. The second kappa shape index (κ2) is 4.96. The van der Waals surface area contributed by atoms with E-state index < -0.39 is 0 Å². The normalized spacial score (nSPS) is 11.2. The van der Waals surface area contributed by atoms with E-state index in [1.165, 1.54) is 6.42 Å². The van der Waals surface area contributed by atoms with Gasteiger partial charge in [0.05, 0.1) is 0 Å². The van der Waals surface area contributed by atoms with Gasteiger partial charge in [0, 0.05) is 12.7 Å². The van der Waals surface area contributed by atoms with Crippen molar-refractivity contribution in [1.82, 2.24) is 14.6 Å². The summed E-state index contributed by atoms with van der Waals surface area (Å²) in [6.45, 7) is 5.42. The van der Waals surface area contributed by atoms with Crippen LogP contribution in [0.2, 0.25) is 0 Å². The maximum absolute atomic E-state index is 4.37. The van der Waals surface area contributed by atoms with Gasteiger partial charge in [-0.1, -0.05) is 19.9 Å². The number of nitrogens with zero attached hydrogens (tertiary/aromatic N) is 3. The van der Waals surface area contributed by atoms with Crippen molar-refractivity contribution in [2.75, 3.05) is 11.9 Å². The summed E-state index contributed by atoms with van der Waals surface area (Å²) in [7, 11) is 0. The van der Waals surface area contributed by atoms with Gasteiger partial charge in [0.1, 0.15) is 0 Å². The summed E-state index contributed by atoms with van der Waals surface area (Å²) < 4.78 is 1.78. The predicted octanol–water partition coefficient (Wildman–Crippen LogP) is 2.58. The molecule has 2 heterocycles. The zero-order chi connectivity index (χ0) is 11.4. The molecule has 2 aromatic heterocycles. The molecule has 0 unspecified atom stereocenters. The van der Waals surface area contributed by atoms with Crippen LogP contribution in [-0.2, 0) is 0 Å². The van der Waals surface area contributed by atoms with Crippen LogP contribution in [0, 0.1) is 5.92 Å². The highest BCUT2D eigenvalue weighted by molar-refractivity contribution is 5.42. The summed E-state index contributed by atoms with van der Waals surface area (Å²) in [4.78, 5) is 4.37. The van der Waals surface area contributed by atoms with E-state index >= 15 is 0 Å². The lowest BCUT2D eigenvalue weighted by Crippen LogP contribution is -2.04. The van der Waals surface area contributed by atoms with E-state index in [0.717, 1.165) is 30.5 Å². The highest BCUT2D eigenvalue weighted by Gasteiger charge is 2.01. The molecule has 86 valence electrons. The molecule has 0 aliphatic rings. The molecule has 4 nitrogen and oxygen atoms in total. The lowest BCUT2D eigenvalue weighted by atomic mass is 10.1. The van der Waals surface area contributed by atoms with E-state index in [4.69, 9.17) is 0 Å². The molecule has 1 N–H and O–H groups in total. The smallest absolute Gasteiger partial charge is 0.243 e. The molecule has 0 spiro atoms. The highest BCUT2D eigenvalue weighted by Crippen LogP contribution is 2.06. The molecule has 0 aromatic carbocycles. The Morgan fingerprint density at radius 2 is 2.25 bits per heavy atom. The van der Waals surface area contributed by atoms with Crippen LogP contribution >= 0.6 is 0 Å². The molecule has 0 atom stereocenters. The molecule has 0 radical (unpaired) electrons. The average Bonchev–Trinajstić information content (AvgIpc) is 2.66. The van der Waals surface area contributed by atoms with Crippen LogP contribution in [0.25, 0.3) is 5.65 Å². The number of pyridine rings is 1. The Balaban J connectivity index is 1.89. The third-order valence-electron chi connectivity index (χ3n) is 2.48. The fourth-order valence-electron chi connectivity index (χ4n) is 1.62. The fourth-order valence-corrected chi connectivity index (χ4v) is 1.62.